The summed E-state index contributed by atoms with van der Waals surface area (Å²) in [6.45, 7) is 0. The number of carbonyl (C=O) groups is 1. The van der Waals surface area contributed by atoms with Crippen molar-refractivity contribution in [1.82, 2.24) is 4.98 Å². The van der Waals surface area contributed by atoms with E-state index in [-0.39, 0.29) is 26.9 Å². The van der Waals surface area contributed by atoms with Crippen molar-refractivity contribution in [3.8, 4) is 11.3 Å². The van der Waals surface area contributed by atoms with Crippen LogP contribution in [0.5, 0.6) is 0 Å². The zero-order valence-corrected chi connectivity index (χ0v) is 11.4. The van der Waals surface area contributed by atoms with Crippen LogP contribution >= 0.6 is 34.8 Å². The van der Waals surface area contributed by atoms with Gasteiger partial charge >= 0.3 is 5.97 Å². The summed E-state index contributed by atoms with van der Waals surface area (Å²) >= 11 is 17.7. The van der Waals surface area contributed by atoms with E-state index in [1.807, 2.05) is 0 Å². The lowest BCUT2D eigenvalue weighted by molar-refractivity contribution is 0.0696. The predicted molar refractivity (Wildman–Crippen MR) is 71.6 cm³/mol. The number of pyridine rings is 1. The van der Waals surface area contributed by atoms with Gasteiger partial charge in [-0.15, -0.1) is 0 Å². The van der Waals surface area contributed by atoms with Crippen molar-refractivity contribution in [3.05, 3.63) is 50.8 Å². The molecular weight excluding hydrogens is 315 g/mol. The minimum Gasteiger partial charge on any atom is -0.478 e. The summed E-state index contributed by atoms with van der Waals surface area (Å²) in [6.07, 6.45) is 1.03. The Morgan fingerprint density at radius 1 is 1.16 bits per heavy atom. The molecule has 1 aromatic heterocycles. The summed E-state index contributed by atoms with van der Waals surface area (Å²) in [5.74, 6) is -2.10. The number of carboxylic acid groups (broad SMARTS) is 1. The van der Waals surface area contributed by atoms with E-state index < -0.39 is 11.8 Å². The molecule has 3 nitrogen and oxygen atoms in total. The Morgan fingerprint density at radius 2 is 1.74 bits per heavy atom. The molecule has 0 saturated heterocycles. The number of benzene rings is 1. The lowest BCUT2D eigenvalue weighted by Crippen LogP contribution is -2.00. The molecular formula is C12H5Cl3FNO2. The quantitative estimate of drug-likeness (QED) is 0.883. The number of hydrogen-bond acceptors (Lipinski definition) is 2. The maximum absolute atomic E-state index is 13.9. The molecule has 7 heteroatoms. The molecule has 0 aliphatic rings. The average Bonchev–Trinajstić information content (AvgIpc) is 2.29. The van der Waals surface area contributed by atoms with Crippen LogP contribution in [0.2, 0.25) is 15.1 Å². The highest BCUT2D eigenvalue weighted by Crippen LogP contribution is 2.37. The highest BCUT2D eigenvalue weighted by Gasteiger charge is 2.17. The molecule has 0 radical (unpaired) electrons. The van der Waals surface area contributed by atoms with Gasteiger partial charge in [0.25, 0.3) is 0 Å². The predicted octanol–water partition coefficient (Wildman–Crippen LogP) is 4.55. The summed E-state index contributed by atoms with van der Waals surface area (Å²) in [5, 5.41) is 9.31. The average molecular weight is 321 g/mol. The van der Waals surface area contributed by atoms with Gasteiger partial charge in [-0.25, -0.2) is 9.18 Å². The van der Waals surface area contributed by atoms with Crippen LogP contribution in [0.4, 0.5) is 4.39 Å². The topological polar surface area (TPSA) is 50.2 Å². The second kappa shape index (κ2) is 5.33. The summed E-state index contributed by atoms with van der Waals surface area (Å²) in [6, 6.07) is 3.65. The van der Waals surface area contributed by atoms with Gasteiger partial charge in [-0.2, -0.15) is 0 Å². The first-order valence-electron chi connectivity index (χ1n) is 4.94. The molecule has 0 atom stereocenters. The molecule has 2 rings (SSSR count). The van der Waals surface area contributed by atoms with E-state index >= 15 is 0 Å². The molecule has 0 bridgehead atoms. The normalized spacial score (nSPS) is 10.5. The Kier molecular flexibility index (Phi) is 3.94. The van der Waals surface area contributed by atoms with Gasteiger partial charge in [-0.05, 0) is 18.2 Å². The molecule has 0 fully saturated rings. The van der Waals surface area contributed by atoms with E-state index in [0.717, 1.165) is 12.3 Å². The van der Waals surface area contributed by atoms with Crippen LogP contribution in [-0.4, -0.2) is 16.1 Å². The van der Waals surface area contributed by atoms with Crippen LogP contribution in [-0.2, 0) is 0 Å². The van der Waals surface area contributed by atoms with Crippen molar-refractivity contribution in [3.63, 3.8) is 0 Å². The Bertz CT molecular complexity index is 653. The van der Waals surface area contributed by atoms with E-state index in [4.69, 9.17) is 39.9 Å². The van der Waals surface area contributed by atoms with Gasteiger partial charge in [0, 0.05) is 16.8 Å². The van der Waals surface area contributed by atoms with Gasteiger partial charge in [0.15, 0.2) is 0 Å². The fraction of sp³-hybridized carbons (Fsp3) is 0. The monoisotopic (exact) mass is 319 g/mol. The fourth-order valence-corrected chi connectivity index (χ4v) is 2.50. The Morgan fingerprint density at radius 3 is 2.21 bits per heavy atom. The summed E-state index contributed by atoms with van der Waals surface area (Å²) in [5.41, 5.74) is -0.221. The molecule has 98 valence electrons. The van der Waals surface area contributed by atoms with Crippen LogP contribution in [0.3, 0.4) is 0 Å². The van der Waals surface area contributed by atoms with E-state index in [0.29, 0.717) is 5.02 Å². The van der Waals surface area contributed by atoms with Gasteiger partial charge in [0.05, 0.1) is 15.6 Å². The second-order valence-corrected chi connectivity index (χ2v) is 4.85. The first-order chi connectivity index (χ1) is 8.90. The third kappa shape index (κ3) is 2.81. The minimum absolute atomic E-state index is 0.128. The van der Waals surface area contributed by atoms with Crippen molar-refractivity contribution in [2.75, 3.05) is 0 Å². The number of halogens is 4. The van der Waals surface area contributed by atoms with E-state index in [1.54, 1.807) is 0 Å². The van der Waals surface area contributed by atoms with Crippen molar-refractivity contribution >= 4 is 40.8 Å². The Labute approximate surface area is 122 Å². The zero-order chi connectivity index (χ0) is 14.2. The lowest BCUT2D eigenvalue weighted by atomic mass is 10.1. The van der Waals surface area contributed by atoms with E-state index in [9.17, 15) is 9.18 Å². The largest absolute Gasteiger partial charge is 0.478 e. The highest BCUT2D eigenvalue weighted by molar-refractivity contribution is 6.41. The number of rotatable bonds is 2. The van der Waals surface area contributed by atoms with E-state index in [1.165, 1.54) is 12.1 Å². The van der Waals surface area contributed by atoms with Gasteiger partial charge < -0.3 is 5.11 Å². The van der Waals surface area contributed by atoms with Crippen LogP contribution < -0.4 is 0 Å². The standard InChI is InChI=1S/C12H5Cl3FNO2/c13-6-2-7(14)10(8(15)3-6)11-9(16)1-5(4-17-11)12(18)19/h1-4H,(H,18,19). The van der Waals surface area contributed by atoms with Crippen LogP contribution in [0, 0.1) is 5.82 Å². The number of hydrogen-bond donors (Lipinski definition) is 1. The van der Waals surface area contributed by atoms with E-state index in [2.05, 4.69) is 4.98 Å². The second-order valence-electron chi connectivity index (χ2n) is 3.60. The Balaban J connectivity index is 2.63. The number of carboxylic acids is 1. The van der Waals surface area contributed by atoms with Gasteiger partial charge in [-0.1, -0.05) is 34.8 Å². The van der Waals surface area contributed by atoms with Crippen LogP contribution in [0.25, 0.3) is 11.3 Å². The molecule has 19 heavy (non-hydrogen) atoms. The van der Waals surface area contributed by atoms with Crippen LogP contribution in [0.15, 0.2) is 24.4 Å². The van der Waals surface area contributed by atoms with Crippen LogP contribution in [0.1, 0.15) is 10.4 Å². The maximum Gasteiger partial charge on any atom is 0.337 e. The summed E-state index contributed by atoms with van der Waals surface area (Å²) in [4.78, 5) is 14.5. The minimum atomic E-state index is -1.27. The molecule has 0 amide bonds. The van der Waals surface area contributed by atoms with Gasteiger partial charge in [-0.3, -0.25) is 4.98 Å². The molecule has 1 heterocycles. The number of aromatic carboxylic acids is 1. The first kappa shape index (κ1) is 14.1. The zero-order valence-electron chi connectivity index (χ0n) is 9.12. The molecule has 0 aliphatic carbocycles. The number of aromatic nitrogens is 1. The molecule has 0 spiro atoms. The van der Waals surface area contributed by atoms with Crippen molar-refractivity contribution in [1.29, 1.82) is 0 Å². The molecule has 2 aromatic rings. The maximum atomic E-state index is 13.9. The molecule has 0 aliphatic heterocycles. The first-order valence-corrected chi connectivity index (χ1v) is 6.07. The SMILES string of the molecule is O=C(O)c1cnc(-c2c(Cl)cc(Cl)cc2Cl)c(F)c1. The third-order valence-electron chi connectivity index (χ3n) is 2.33. The van der Waals surface area contributed by atoms with Crippen molar-refractivity contribution in [2.45, 2.75) is 0 Å². The van der Waals surface area contributed by atoms with Gasteiger partial charge in [0.1, 0.15) is 11.5 Å². The van der Waals surface area contributed by atoms with Gasteiger partial charge in [0.2, 0.25) is 0 Å². The smallest absolute Gasteiger partial charge is 0.337 e. The van der Waals surface area contributed by atoms with Crippen molar-refractivity contribution < 1.29 is 14.3 Å². The molecule has 1 N–H and O–H groups in total. The fourth-order valence-electron chi connectivity index (χ4n) is 1.51. The van der Waals surface area contributed by atoms with Crippen molar-refractivity contribution in [2.24, 2.45) is 0 Å². The highest BCUT2D eigenvalue weighted by atomic mass is 35.5. The molecule has 0 saturated carbocycles. The molecule has 1 aromatic carbocycles. The molecule has 0 unspecified atom stereocenters. The third-order valence-corrected chi connectivity index (χ3v) is 3.15. The Hall–Kier alpha value is -1.36. The summed E-state index contributed by atoms with van der Waals surface area (Å²) < 4.78 is 13.9. The lowest BCUT2D eigenvalue weighted by Gasteiger charge is -2.08. The number of nitrogens with zero attached hydrogens (tertiary/aromatic N) is 1. The summed E-state index contributed by atoms with van der Waals surface area (Å²) in [7, 11) is 0.